The minimum atomic E-state index is -0.105. The van der Waals surface area contributed by atoms with Gasteiger partial charge in [0.1, 0.15) is 0 Å². The largest absolute Gasteiger partial charge is 0.342 e. The summed E-state index contributed by atoms with van der Waals surface area (Å²) in [7, 11) is 0. The minimum absolute atomic E-state index is 0.105. The van der Waals surface area contributed by atoms with E-state index in [1.54, 1.807) is 0 Å². The van der Waals surface area contributed by atoms with E-state index in [4.69, 9.17) is 0 Å². The van der Waals surface area contributed by atoms with Gasteiger partial charge in [-0.1, -0.05) is 13.8 Å². The standard InChI is InChI=1S/C15H26N2O2/c1-4-12(3)17-10-13(8-14(17)18)15(19)16-7-5-6-11(2)9-16/h11-13H,4-10H2,1-3H3. The summed E-state index contributed by atoms with van der Waals surface area (Å²) in [6.45, 7) is 8.71. The summed E-state index contributed by atoms with van der Waals surface area (Å²) in [6.07, 6.45) is 3.68. The lowest BCUT2D eigenvalue weighted by atomic mass is 9.98. The van der Waals surface area contributed by atoms with E-state index in [1.165, 1.54) is 6.42 Å². The fourth-order valence-electron chi connectivity index (χ4n) is 3.19. The molecule has 0 bridgehead atoms. The normalized spacial score (nSPS) is 29.7. The topological polar surface area (TPSA) is 40.6 Å². The fourth-order valence-corrected chi connectivity index (χ4v) is 3.19. The molecule has 0 aromatic carbocycles. The predicted molar refractivity (Wildman–Crippen MR) is 74.6 cm³/mol. The number of carbonyl (C=O) groups excluding carboxylic acids is 2. The van der Waals surface area contributed by atoms with Crippen molar-refractivity contribution in [3.05, 3.63) is 0 Å². The van der Waals surface area contributed by atoms with Crippen LogP contribution >= 0.6 is 0 Å². The van der Waals surface area contributed by atoms with E-state index in [-0.39, 0.29) is 23.8 Å². The molecule has 2 amide bonds. The molecular formula is C15H26N2O2. The van der Waals surface area contributed by atoms with Crippen LogP contribution in [-0.4, -0.2) is 47.3 Å². The zero-order valence-corrected chi connectivity index (χ0v) is 12.4. The van der Waals surface area contributed by atoms with E-state index < -0.39 is 0 Å². The van der Waals surface area contributed by atoms with E-state index in [2.05, 4.69) is 20.8 Å². The van der Waals surface area contributed by atoms with Crippen molar-refractivity contribution in [1.82, 2.24) is 9.80 Å². The maximum Gasteiger partial charge on any atom is 0.228 e. The molecule has 19 heavy (non-hydrogen) atoms. The molecule has 0 saturated carbocycles. The molecule has 4 nitrogen and oxygen atoms in total. The van der Waals surface area contributed by atoms with Gasteiger partial charge in [-0.15, -0.1) is 0 Å². The van der Waals surface area contributed by atoms with Crippen LogP contribution in [-0.2, 0) is 9.59 Å². The molecule has 2 heterocycles. The molecule has 4 heteroatoms. The van der Waals surface area contributed by atoms with E-state index in [9.17, 15) is 9.59 Å². The molecule has 0 aliphatic carbocycles. The Hall–Kier alpha value is -1.06. The first-order valence-corrected chi connectivity index (χ1v) is 7.61. The molecule has 0 N–H and O–H groups in total. The van der Waals surface area contributed by atoms with Crippen molar-refractivity contribution < 1.29 is 9.59 Å². The quantitative estimate of drug-likeness (QED) is 0.782. The highest BCUT2D eigenvalue weighted by Crippen LogP contribution is 2.25. The molecule has 2 aliphatic heterocycles. The van der Waals surface area contributed by atoms with Gasteiger partial charge in [-0.2, -0.15) is 0 Å². The maximum atomic E-state index is 12.5. The number of nitrogens with zero attached hydrogens (tertiary/aromatic N) is 2. The number of rotatable bonds is 3. The van der Waals surface area contributed by atoms with E-state index >= 15 is 0 Å². The smallest absolute Gasteiger partial charge is 0.228 e. The second-order valence-electron chi connectivity index (χ2n) is 6.24. The highest BCUT2D eigenvalue weighted by molar-refractivity contribution is 5.89. The second-order valence-corrected chi connectivity index (χ2v) is 6.24. The van der Waals surface area contributed by atoms with Crippen LogP contribution < -0.4 is 0 Å². The van der Waals surface area contributed by atoms with Gasteiger partial charge in [-0.05, 0) is 32.1 Å². The summed E-state index contributed by atoms with van der Waals surface area (Å²) < 4.78 is 0. The van der Waals surface area contributed by atoms with Crippen LogP contribution in [0.25, 0.3) is 0 Å². The van der Waals surface area contributed by atoms with Crippen molar-refractivity contribution in [2.45, 2.75) is 52.5 Å². The van der Waals surface area contributed by atoms with Crippen molar-refractivity contribution in [1.29, 1.82) is 0 Å². The maximum absolute atomic E-state index is 12.5. The first-order chi connectivity index (χ1) is 9.02. The third-order valence-corrected chi connectivity index (χ3v) is 4.60. The Bertz CT molecular complexity index is 356. The van der Waals surface area contributed by atoms with Gasteiger partial charge in [0.05, 0.1) is 5.92 Å². The Kier molecular flexibility index (Phi) is 4.48. The molecule has 0 radical (unpaired) electrons. The van der Waals surface area contributed by atoms with Crippen molar-refractivity contribution in [2.75, 3.05) is 19.6 Å². The van der Waals surface area contributed by atoms with Crippen LogP contribution in [0.2, 0.25) is 0 Å². The van der Waals surface area contributed by atoms with Crippen molar-refractivity contribution in [3.8, 4) is 0 Å². The number of likely N-dealkylation sites (tertiary alicyclic amines) is 2. The van der Waals surface area contributed by atoms with Gasteiger partial charge in [0.2, 0.25) is 11.8 Å². The number of amides is 2. The number of carbonyl (C=O) groups is 2. The highest BCUT2D eigenvalue weighted by atomic mass is 16.2. The van der Waals surface area contributed by atoms with Gasteiger partial charge < -0.3 is 9.80 Å². The third-order valence-electron chi connectivity index (χ3n) is 4.60. The second kappa shape index (κ2) is 5.93. The summed E-state index contributed by atoms with van der Waals surface area (Å²) in [5.41, 5.74) is 0. The molecule has 2 fully saturated rings. The van der Waals surface area contributed by atoms with Gasteiger partial charge in [-0.3, -0.25) is 9.59 Å². The first kappa shape index (κ1) is 14.4. The van der Waals surface area contributed by atoms with E-state index in [0.29, 0.717) is 18.9 Å². The average Bonchev–Trinajstić information content (AvgIpc) is 2.79. The van der Waals surface area contributed by atoms with Crippen LogP contribution in [0.4, 0.5) is 0 Å². The zero-order chi connectivity index (χ0) is 14.0. The van der Waals surface area contributed by atoms with Crippen molar-refractivity contribution >= 4 is 11.8 Å². The van der Waals surface area contributed by atoms with Gasteiger partial charge in [-0.25, -0.2) is 0 Å². The summed E-state index contributed by atoms with van der Waals surface area (Å²) >= 11 is 0. The monoisotopic (exact) mass is 266 g/mol. The lowest BCUT2D eigenvalue weighted by Gasteiger charge is -2.33. The molecule has 108 valence electrons. The summed E-state index contributed by atoms with van der Waals surface area (Å²) in [5.74, 6) is 0.843. The molecule has 2 aliphatic rings. The molecule has 2 rings (SSSR count). The van der Waals surface area contributed by atoms with Crippen LogP contribution in [0.1, 0.15) is 46.5 Å². The fraction of sp³-hybridized carbons (Fsp3) is 0.867. The number of hydrogen-bond acceptors (Lipinski definition) is 2. The Morgan fingerprint density at radius 2 is 2.16 bits per heavy atom. The van der Waals surface area contributed by atoms with Gasteiger partial charge >= 0.3 is 0 Å². The van der Waals surface area contributed by atoms with Gasteiger partial charge in [0, 0.05) is 32.1 Å². The van der Waals surface area contributed by atoms with Gasteiger partial charge in [0.25, 0.3) is 0 Å². The molecule has 0 aromatic heterocycles. The van der Waals surface area contributed by atoms with Crippen LogP contribution in [0.5, 0.6) is 0 Å². The Morgan fingerprint density at radius 3 is 2.79 bits per heavy atom. The van der Waals surface area contributed by atoms with Crippen LogP contribution in [0, 0.1) is 11.8 Å². The molecule has 0 spiro atoms. The average molecular weight is 266 g/mol. The molecular weight excluding hydrogens is 240 g/mol. The lowest BCUT2D eigenvalue weighted by Crippen LogP contribution is -2.43. The van der Waals surface area contributed by atoms with E-state index in [1.807, 2.05) is 9.80 Å². The highest BCUT2D eigenvalue weighted by Gasteiger charge is 2.38. The van der Waals surface area contributed by atoms with Gasteiger partial charge in [0.15, 0.2) is 0 Å². The van der Waals surface area contributed by atoms with Crippen molar-refractivity contribution in [2.24, 2.45) is 11.8 Å². The molecule has 3 unspecified atom stereocenters. The Balaban J connectivity index is 1.95. The van der Waals surface area contributed by atoms with Crippen LogP contribution in [0.15, 0.2) is 0 Å². The summed E-state index contributed by atoms with van der Waals surface area (Å²) in [5, 5.41) is 0. The third kappa shape index (κ3) is 3.10. The summed E-state index contributed by atoms with van der Waals surface area (Å²) in [6, 6.07) is 0.255. The Morgan fingerprint density at radius 1 is 1.42 bits per heavy atom. The molecule has 0 aromatic rings. The van der Waals surface area contributed by atoms with Crippen LogP contribution in [0.3, 0.4) is 0 Å². The number of piperidine rings is 1. The Labute approximate surface area is 116 Å². The minimum Gasteiger partial charge on any atom is -0.342 e. The molecule has 3 atom stereocenters. The van der Waals surface area contributed by atoms with E-state index in [0.717, 1.165) is 25.9 Å². The SMILES string of the molecule is CCC(C)N1CC(C(=O)N2CCCC(C)C2)CC1=O. The lowest BCUT2D eigenvalue weighted by molar-refractivity contribution is -0.137. The van der Waals surface area contributed by atoms with Crippen molar-refractivity contribution in [3.63, 3.8) is 0 Å². The number of hydrogen-bond donors (Lipinski definition) is 0. The predicted octanol–water partition coefficient (Wildman–Crippen LogP) is 1.89. The zero-order valence-electron chi connectivity index (χ0n) is 12.4. The molecule has 2 saturated heterocycles. The first-order valence-electron chi connectivity index (χ1n) is 7.61. The summed E-state index contributed by atoms with van der Waals surface area (Å²) in [4.78, 5) is 28.4.